The molecule has 3 atom stereocenters. The molecule has 0 aromatic heterocycles. The van der Waals surface area contributed by atoms with Gasteiger partial charge < -0.3 is 25.4 Å². The molecular weight excluding hydrogens is 482 g/mol. The molecule has 3 rings (SSSR count). The third-order valence-corrected chi connectivity index (χ3v) is 6.94. The molecule has 3 N–H and O–H groups in total. The molecule has 38 heavy (non-hydrogen) atoms. The van der Waals surface area contributed by atoms with Gasteiger partial charge in [-0.25, -0.2) is 4.79 Å². The van der Waals surface area contributed by atoms with Crippen molar-refractivity contribution in [2.75, 3.05) is 0 Å². The van der Waals surface area contributed by atoms with Crippen LogP contribution < -0.4 is 10.6 Å². The molecule has 8 nitrogen and oxygen atoms in total. The van der Waals surface area contributed by atoms with Gasteiger partial charge in [-0.15, -0.1) is 0 Å². The van der Waals surface area contributed by atoms with Crippen LogP contribution >= 0.6 is 0 Å². The highest BCUT2D eigenvalue weighted by molar-refractivity contribution is 5.93. The lowest BCUT2D eigenvalue weighted by molar-refractivity contribution is -0.148. The van der Waals surface area contributed by atoms with Gasteiger partial charge in [-0.2, -0.15) is 0 Å². The van der Waals surface area contributed by atoms with E-state index in [1.165, 1.54) is 6.07 Å². The Morgan fingerprint density at radius 2 is 1.68 bits per heavy atom. The van der Waals surface area contributed by atoms with Crippen molar-refractivity contribution >= 4 is 17.9 Å². The Kier molecular flexibility index (Phi) is 9.78. The average Bonchev–Trinajstić information content (AvgIpc) is 2.84. The van der Waals surface area contributed by atoms with Gasteiger partial charge in [-0.1, -0.05) is 68.8 Å². The van der Waals surface area contributed by atoms with Gasteiger partial charge in [-0.05, 0) is 57.6 Å². The Morgan fingerprint density at radius 1 is 1.05 bits per heavy atom. The van der Waals surface area contributed by atoms with Gasteiger partial charge >= 0.3 is 6.09 Å². The number of aromatic hydroxyl groups is 1. The van der Waals surface area contributed by atoms with E-state index in [0.717, 1.165) is 24.8 Å². The molecule has 3 unspecified atom stereocenters. The molecule has 2 aromatic carbocycles. The van der Waals surface area contributed by atoms with Crippen LogP contribution in [0.25, 0.3) is 0 Å². The number of rotatable bonds is 10. The molecule has 0 heterocycles. The summed E-state index contributed by atoms with van der Waals surface area (Å²) >= 11 is 0. The Bertz CT molecular complexity index is 1090. The Hall–Kier alpha value is -3.55. The zero-order valence-corrected chi connectivity index (χ0v) is 23.1. The molecule has 1 aliphatic rings. The first-order valence-corrected chi connectivity index (χ1v) is 13.4. The number of para-hydroxylation sites is 1. The number of hydrogen-bond donors (Lipinski definition) is 3. The summed E-state index contributed by atoms with van der Waals surface area (Å²) in [5.74, 6) is -1.03. The lowest BCUT2D eigenvalue weighted by atomic mass is 9.86. The van der Waals surface area contributed by atoms with Crippen molar-refractivity contribution in [3.8, 4) is 5.75 Å². The SMILES string of the molecule is CCC(C)C(NC(=O)OC(C)(C)C)C(=O)N(C1CCC1)C(C(=O)NCc1ccccc1)c1ccccc1O. The zero-order chi connectivity index (χ0) is 27.9. The Balaban J connectivity index is 1.99. The molecule has 3 amide bonds. The maximum absolute atomic E-state index is 14.3. The number of ether oxygens (including phenoxy) is 1. The number of carbonyl (C=O) groups excluding carboxylic acids is 3. The number of carbonyl (C=O) groups is 3. The number of hydrogen-bond acceptors (Lipinski definition) is 5. The smallest absolute Gasteiger partial charge is 0.408 e. The molecule has 0 bridgehead atoms. The van der Waals surface area contributed by atoms with Crippen molar-refractivity contribution < 1.29 is 24.2 Å². The second-order valence-electron chi connectivity index (χ2n) is 11.0. The molecule has 206 valence electrons. The highest BCUT2D eigenvalue weighted by atomic mass is 16.6. The maximum Gasteiger partial charge on any atom is 0.408 e. The number of benzene rings is 2. The molecule has 1 saturated carbocycles. The number of amides is 3. The highest BCUT2D eigenvalue weighted by Crippen LogP contribution is 2.37. The van der Waals surface area contributed by atoms with E-state index in [1.54, 1.807) is 43.9 Å². The predicted octanol–water partition coefficient (Wildman–Crippen LogP) is 5.07. The van der Waals surface area contributed by atoms with Gasteiger partial charge in [0, 0.05) is 18.2 Å². The van der Waals surface area contributed by atoms with Crippen LogP contribution in [0.4, 0.5) is 4.79 Å². The zero-order valence-electron chi connectivity index (χ0n) is 23.1. The summed E-state index contributed by atoms with van der Waals surface area (Å²) in [4.78, 5) is 42.4. The van der Waals surface area contributed by atoms with E-state index in [2.05, 4.69) is 10.6 Å². The van der Waals surface area contributed by atoms with Crippen LogP contribution in [0, 0.1) is 5.92 Å². The van der Waals surface area contributed by atoms with Crippen LogP contribution in [0.15, 0.2) is 54.6 Å². The average molecular weight is 524 g/mol. The molecule has 0 aliphatic heterocycles. The highest BCUT2D eigenvalue weighted by Gasteiger charge is 2.43. The number of phenols is 1. The van der Waals surface area contributed by atoms with E-state index in [4.69, 9.17) is 4.74 Å². The molecule has 8 heteroatoms. The summed E-state index contributed by atoms with van der Waals surface area (Å²) < 4.78 is 5.45. The number of nitrogens with one attached hydrogen (secondary N) is 2. The van der Waals surface area contributed by atoms with Gasteiger partial charge in [0.15, 0.2) is 0 Å². The van der Waals surface area contributed by atoms with Crippen LogP contribution in [0.3, 0.4) is 0 Å². The molecule has 1 fully saturated rings. The summed E-state index contributed by atoms with van der Waals surface area (Å²) in [5, 5.41) is 16.5. The van der Waals surface area contributed by atoms with Crippen molar-refractivity contribution in [3.63, 3.8) is 0 Å². The van der Waals surface area contributed by atoms with E-state index >= 15 is 0 Å². The summed E-state index contributed by atoms with van der Waals surface area (Å²) in [6, 6.07) is 14.0. The third kappa shape index (κ3) is 7.49. The summed E-state index contributed by atoms with van der Waals surface area (Å²) in [5.41, 5.74) is 0.539. The molecule has 2 aromatic rings. The monoisotopic (exact) mass is 523 g/mol. The second-order valence-corrected chi connectivity index (χ2v) is 11.0. The largest absolute Gasteiger partial charge is 0.508 e. The minimum Gasteiger partial charge on any atom is -0.508 e. The van der Waals surface area contributed by atoms with Crippen LogP contribution in [0.1, 0.15) is 77.5 Å². The van der Waals surface area contributed by atoms with E-state index in [1.807, 2.05) is 44.2 Å². The quantitative estimate of drug-likeness (QED) is 0.403. The molecule has 0 spiro atoms. The molecule has 0 radical (unpaired) electrons. The predicted molar refractivity (Wildman–Crippen MR) is 146 cm³/mol. The van der Waals surface area contributed by atoms with Gasteiger partial charge in [0.1, 0.15) is 23.4 Å². The Labute approximate surface area is 225 Å². The molecule has 0 saturated heterocycles. The summed E-state index contributed by atoms with van der Waals surface area (Å²) in [6.07, 6.45) is 2.35. The summed E-state index contributed by atoms with van der Waals surface area (Å²) in [7, 11) is 0. The minimum absolute atomic E-state index is 0.0651. The lowest BCUT2D eigenvalue weighted by Gasteiger charge is -2.44. The number of alkyl carbamates (subject to hydrolysis) is 1. The fourth-order valence-electron chi connectivity index (χ4n) is 4.48. The van der Waals surface area contributed by atoms with Crippen LogP contribution in [0.2, 0.25) is 0 Å². The first-order chi connectivity index (χ1) is 18.0. The van der Waals surface area contributed by atoms with Crippen molar-refractivity contribution in [1.82, 2.24) is 15.5 Å². The van der Waals surface area contributed by atoms with Gasteiger partial charge in [0.05, 0.1) is 0 Å². The number of phenolic OH excluding ortho intramolecular Hbond substituents is 1. The van der Waals surface area contributed by atoms with Crippen molar-refractivity contribution in [2.24, 2.45) is 5.92 Å². The van der Waals surface area contributed by atoms with Gasteiger partial charge in [0.2, 0.25) is 11.8 Å². The minimum atomic E-state index is -1.07. The normalized spacial score (nSPS) is 15.9. The van der Waals surface area contributed by atoms with Crippen molar-refractivity contribution in [3.05, 3.63) is 65.7 Å². The van der Waals surface area contributed by atoms with Crippen molar-refractivity contribution in [1.29, 1.82) is 0 Å². The van der Waals surface area contributed by atoms with E-state index < -0.39 is 29.7 Å². The first kappa shape index (κ1) is 29.0. The first-order valence-electron chi connectivity index (χ1n) is 13.4. The Morgan fingerprint density at radius 3 is 2.24 bits per heavy atom. The van der Waals surface area contributed by atoms with Crippen LogP contribution in [-0.4, -0.2) is 45.6 Å². The van der Waals surface area contributed by atoms with Gasteiger partial charge in [-0.3, -0.25) is 9.59 Å². The molecule has 1 aliphatic carbocycles. The van der Waals surface area contributed by atoms with E-state index in [9.17, 15) is 19.5 Å². The fourth-order valence-corrected chi connectivity index (χ4v) is 4.48. The van der Waals surface area contributed by atoms with Gasteiger partial charge in [0.25, 0.3) is 0 Å². The second kappa shape index (κ2) is 12.8. The third-order valence-electron chi connectivity index (χ3n) is 6.94. The molecular formula is C30H41N3O5. The standard InChI is InChI=1S/C30H41N3O5/c1-6-20(2)25(32-29(37)38-30(3,4)5)28(36)33(22-15-12-16-22)26(23-17-10-11-18-24(23)34)27(35)31-19-21-13-8-7-9-14-21/h7-11,13-14,17-18,20,22,25-26,34H,6,12,15-16,19H2,1-5H3,(H,31,35)(H,32,37). The number of nitrogens with zero attached hydrogens (tertiary/aromatic N) is 1. The fraction of sp³-hybridized carbons (Fsp3) is 0.500. The van der Waals surface area contributed by atoms with Crippen LogP contribution in [-0.2, 0) is 20.9 Å². The summed E-state index contributed by atoms with van der Waals surface area (Å²) in [6.45, 7) is 9.41. The van der Waals surface area contributed by atoms with E-state index in [0.29, 0.717) is 12.0 Å². The van der Waals surface area contributed by atoms with Crippen LogP contribution in [0.5, 0.6) is 5.75 Å². The van der Waals surface area contributed by atoms with E-state index in [-0.39, 0.29) is 30.2 Å². The topological polar surface area (TPSA) is 108 Å². The lowest BCUT2D eigenvalue weighted by Crippen LogP contribution is -2.59. The maximum atomic E-state index is 14.3. The van der Waals surface area contributed by atoms with Crippen molar-refractivity contribution in [2.45, 2.75) is 90.6 Å².